The molecule has 5 nitrogen and oxygen atoms in total. The van der Waals surface area contributed by atoms with Crippen molar-refractivity contribution in [2.75, 3.05) is 0 Å². The third kappa shape index (κ3) is 2.36. The van der Waals surface area contributed by atoms with Crippen molar-refractivity contribution in [3.05, 3.63) is 34.0 Å². The van der Waals surface area contributed by atoms with E-state index < -0.39 is 5.97 Å². The van der Waals surface area contributed by atoms with Gasteiger partial charge in [-0.05, 0) is 36.1 Å². The van der Waals surface area contributed by atoms with Crippen LogP contribution in [0.25, 0.3) is 11.3 Å². The summed E-state index contributed by atoms with van der Waals surface area (Å²) in [5, 5.41) is 26.2. The minimum absolute atomic E-state index is 0.0372. The molecule has 0 fully saturated rings. The van der Waals surface area contributed by atoms with Crippen LogP contribution in [-0.2, 0) is 0 Å². The molecule has 0 amide bonds. The molecule has 2 rings (SSSR count). The third-order valence-corrected chi connectivity index (χ3v) is 3.60. The Balaban J connectivity index is 2.68. The second-order valence-electron chi connectivity index (χ2n) is 4.92. The van der Waals surface area contributed by atoms with Crippen molar-refractivity contribution in [3.63, 3.8) is 0 Å². The van der Waals surface area contributed by atoms with Crippen molar-refractivity contribution in [1.82, 2.24) is 10.2 Å². The highest BCUT2D eigenvalue weighted by Crippen LogP contribution is 2.41. The Kier molecular flexibility index (Phi) is 3.72. The lowest BCUT2D eigenvalue weighted by molar-refractivity contribution is 0.0690. The molecule has 0 radical (unpaired) electrons. The molecule has 1 heterocycles. The van der Waals surface area contributed by atoms with E-state index in [0.717, 1.165) is 0 Å². The number of halogens is 1. The number of hydrogen-bond donors (Lipinski definition) is 3. The Hall–Kier alpha value is -2.01. The van der Waals surface area contributed by atoms with Crippen LogP contribution >= 0.6 is 11.6 Å². The molecular formula is C14H15ClN2O3. The number of nitrogens with one attached hydrogen (secondary N) is 1. The van der Waals surface area contributed by atoms with Gasteiger partial charge in [0.2, 0.25) is 0 Å². The average molecular weight is 295 g/mol. The van der Waals surface area contributed by atoms with Crippen LogP contribution in [0.3, 0.4) is 0 Å². The van der Waals surface area contributed by atoms with Crippen molar-refractivity contribution >= 4 is 17.6 Å². The van der Waals surface area contributed by atoms with Crippen LogP contribution in [0, 0.1) is 6.92 Å². The first-order chi connectivity index (χ1) is 9.32. The Morgan fingerprint density at radius 3 is 2.55 bits per heavy atom. The number of carbonyl (C=O) groups is 1. The zero-order chi connectivity index (χ0) is 15.0. The summed E-state index contributed by atoms with van der Waals surface area (Å²) in [5.74, 6) is -0.929. The maximum atomic E-state index is 10.9. The first-order valence-corrected chi connectivity index (χ1v) is 6.51. The van der Waals surface area contributed by atoms with Crippen LogP contribution in [-0.4, -0.2) is 26.4 Å². The number of aromatic nitrogens is 2. The van der Waals surface area contributed by atoms with E-state index in [1.54, 1.807) is 13.0 Å². The molecule has 2 aromatic rings. The first-order valence-electron chi connectivity index (χ1n) is 6.14. The molecule has 3 N–H and O–H groups in total. The van der Waals surface area contributed by atoms with Crippen LogP contribution in [0.2, 0.25) is 5.02 Å². The number of rotatable bonds is 3. The fourth-order valence-corrected chi connectivity index (χ4v) is 2.28. The topological polar surface area (TPSA) is 86.2 Å². The number of carboxylic acids is 1. The normalized spacial score (nSPS) is 11.1. The van der Waals surface area contributed by atoms with E-state index in [4.69, 9.17) is 16.7 Å². The van der Waals surface area contributed by atoms with Gasteiger partial charge in [-0.2, -0.15) is 5.10 Å². The summed E-state index contributed by atoms with van der Waals surface area (Å²) in [6.07, 6.45) is 0. The molecule has 106 valence electrons. The van der Waals surface area contributed by atoms with Crippen LogP contribution < -0.4 is 0 Å². The van der Waals surface area contributed by atoms with Crippen molar-refractivity contribution in [1.29, 1.82) is 0 Å². The SMILES string of the molecule is Cc1c(Cl)cc(C(C)C)c(O)c1-c1cc(C(=O)O)[nH]n1. The van der Waals surface area contributed by atoms with Gasteiger partial charge in [0, 0.05) is 10.6 Å². The molecule has 20 heavy (non-hydrogen) atoms. The molecule has 0 aliphatic carbocycles. The summed E-state index contributed by atoms with van der Waals surface area (Å²) in [4.78, 5) is 10.9. The van der Waals surface area contributed by atoms with Crippen molar-refractivity contribution in [2.24, 2.45) is 0 Å². The first kappa shape index (κ1) is 14.4. The summed E-state index contributed by atoms with van der Waals surface area (Å²) in [5.41, 5.74) is 2.16. The molecule has 1 aromatic carbocycles. The van der Waals surface area contributed by atoms with Gasteiger partial charge in [0.15, 0.2) is 0 Å². The average Bonchev–Trinajstić information content (AvgIpc) is 2.83. The molecule has 0 saturated carbocycles. The van der Waals surface area contributed by atoms with Gasteiger partial charge in [0.1, 0.15) is 11.4 Å². The number of carboxylic acid groups (broad SMARTS) is 1. The lowest BCUT2D eigenvalue weighted by atomic mass is 9.94. The monoisotopic (exact) mass is 294 g/mol. The third-order valence-electron chi connectivity index (χ3n) is 3.21. The van der Waals surface area contributed by atoms with E-state index in [2.05, 4.69) is 10.2 Å². The van der Waals surface area contributed by atoms with E-state index in [0.29, 0.717) is 27.4 Å². The highest BCUT2D eigenvalue weighted by atomic mass is 35.5. The van der Waals surface area contributed by atoms with Gasteiger partial charge < -0.3 is 10.2 Å². The molecule has 1 aromatic heterocycles. The fourth-order valence-electron chi connectivity index (χ4n) is 2.07. The Morgan fingerprint density at radius 2 is 2.05 bits per heavy atom. The smallest absolute Gasteiger partial charge is 0.353 e. The van der Waals surface area contributed by atoms with Gasteiger partial charge in [-0.3, -0.25) is 5.10 Å². The Labute approximate surface area is 121 Å². The maximum absolute atomic E-state index is 10.9. The van der Waals surface area contributed by atoms with Crippen molar-refractivity contribution < 1.29 is 15.0 Å². The lowest BCUT2D eigenvalue weighted by Crippen LogP contribution is -1.95. The Bertz CT molecular complexity index is 677. The summed E-state index contributed by atoms with van der Waals surface area (Å²) < 4.78 is 0. The number of nitrogens with zero attached hydrogens (tertiary/aromatic N) is 1. The molecule has 0 aliphatic rings. The predicted molar refractivity (Wildman–Crippen MR) is 76.5 cm³/mol. The number of aromatic amines is 1. The maximum Gasteiger partial charge on any atom is 0.353 e. The van der Waals surface area contributed by atoms with Crippen LogP contribution in [0.1, 0.15) is 41.4 Å². The molecular weight excluding hydrogens is 280 g/mol. The summed E-state index contributed by atoms with van der Waals surface area (Å²) in [6, 6.07) is 3.11. The van der Waals surface area contributed by atoms with Gasteiger partial charge in [-0.25, -0.2) is 4.79 Å². The molecule has 0 aliphatic heterocycles. The molecule has 0 bridgehead atoms. The van der Waals surface area contributed by atoms with Gasteiger partial charge in [0.25, 0.3) is 0 Å². The van der Waals surface area contributed by atoms with Gasteiger partial charge >= 0.3 is 5.97 Å². The number of benzene rings is 1. The zero-order valence-corrected chi connectivity index (χ0v) is 12.1. The predicted octanol–water partition coefficient (Wildman–Crippen LogP) is 3.57. The standard InChI is InChI=1S/C14H15ClN2O3/c1-6(2)8-4-9(15)7(3)12(13(8)18)10-5-11(14(19)20)17-16-10/h4-6,18H,1-3H3,(H,16,17)(H,19,20). The van der Waals surface area contributed by atoms with Gasteiger partial charge in [-0.1, -0.05) is 25.4 Å². The second kappa shape index (κ2) is 5.17. The Morgan fingerprint density at radius 1 is 1.40 bits per heavy atom. The van der Waals surface area contributed by atoms with Crippen LogP contribution in [0.5, 0.6) is 5.75 Å². The minimum Gasteiger partial charge on any atom is -0.507 e. The number of H-pyrrole nitrogens is 1. The van der Waals surface area contributed by atoms with E-state index in [9.17, 15) is 9.90 Å². The van der Waals surface area contributed by atoms with Crippen LogP contribution in [0.15, 0.2) is 12.1 Å². The molecule has 0 spiro atoms. The lowest BCUT2D eigenvalue weighted by Gasteiger charge is -2.15. The minimum atomic E-state index is -1.10. The number of aromatic carboxylic acids is 1. The summed E-state index contributed by atoms with van der Waals surface area (Å²) in [7, 11) is 0. The van der Waals surface area contributed by atoms with Gasteiger partial charge in [-0.15, -0.1) is 0 Å². The number of hydrogen-bond acceptors (Lipinski definition) is 3. The molecule has 0 atom stereocenters. The zero-order valence-electron chi connectivity index (χ0n) is 11.4. The largest absolute Gasteiger partial charge is 0.507 e. The summed E-state index contributed by atoms with van der Waals surface area (Å²) >= 11 is 6.19. The van der Waals surface area contributed by atoms with E-state index in [1.807, 2.05) is 13.8 Å². The van der Waals surface area contributed by atoms with Crippen LogP contribution in [0.4, 0.5) is 0 Å². The number of phenolic OH excluding ortho intramolecular Hbond substituents is 1. The van der Waals surface area contributed by atoms with E-state index in [1.165, 1.54) is 6.07 Å². The highest BCUT2D eigenvalue weighted by Gasteiger charge is 2.20. The van der Waals surface area contributed by atoms with Crippen molar-refractivity contribution in [2.45, 2.75) is 26.7 Å². The van der Waals surface area contributed by atoms with Gasteiger partial charge in [0.05, 0.1) is 5.69 Å². The van der Waals surface area contributed by atoms with E-state index in [-0.39, 0.29) is 17.4 Å². The number of phenols is 1. The summed E-state index contributed by atoms with van der Waals surface area (Å²) in [6.45, 7) is 5.64. The fraction of sp³-hybridized carbons (Fsp3) is 0.286. The number of aromatic hydroxyl groups is 1. The highest BCUT2D eigenvalue weighted by molar-refractivity contribution is 6.32. The molecule has 6 heteroatoms. The quantitative estimate of drug-likeness (QED) is 0.808. The van der Waals surface area contributed by atoms with E-state index >= 15 is 0 Å². The molecule has 0 unspecified atom stereocenters. The molecule has 0 saturated heterocycles. The van der Waals surface area contributed by atoms with Crippen molar-refractivity contribution in [3.8, 4) is 17.0 Å². The second-order valence-corrected chi connectivity index (χ2v) is 5.33.